The molecule has 0 saturated heterocycles. The molecule has 0 fully saturated rings. The number of guanidine groups is 1. The fourth-order valence-electron chi connectivity index (χ4n) is 3.24. The normalized spacial score (nSPS) is 13.2. The number of fused-ring (bicyclic) bond motifs is 1. The van der Waals surface area contributed by atoms with Crippen molar-refractivity contribution in [3.05, 3.63) is 57.8 Å². The van der Waals surface area contributed by atoms with Gasteiger partial charge in [-0.1, -0.05) is 18.2 Å². The Balaban J connectivity index is 0.00000289. The highest BCUT2D eigenvalue weighted by molar-refractivity contribution is 14.0. The maximum atomic E-state index is 5.93. The van der Waals surface area contributed by atoms with Gasteiger partial charge in [0.1, 0.15) is 5.82 Å². The van der Waals surface area contributed by atoms with Crippen molar-refractivity contribution in [2.24, 2.45) is 12.0 Å². The van der Waals surface area contributed by atoms with Gasteiger partial charge in [0.25, 0.3) is 0 Å². The molecule has 8 nitrogen and oxygen atoms in total. The van der Waals surface area contributed by atoms with Gasteiger partial charge in [0.15, 0.2) is 23.3 Å². The van der Waals surface area contributed by atoms with Crippen molar-refractivity contribution in [2.45, 2.75) is 32.9 Å². The maximum Gasteiger partial charge on any atom is 0.191 e. The van der Waals surface area contributed by atoms with Gasteiger partial charge in [-0.15, -0.1) is 45.5 Å². The Labute approximate surface area is 209 Å². The van der Waals surface area contributed by atoms with Crippen LogP contribution in [0.5, 0.6) is 11.5 Å². The number of benzene rings is 1. The maximum absolute atomic E-state index is 5.93. The standard InChI is InChI=1S/C22H28N6O2S.HI/c1-16-26-27-20(28(16)2)15-25-22(23-10-9-18-7-4-13-31-18)24-14-17-6-3-8-19-21(17)30-12-5-11-29-19;/h3-4,6-8,13H,5,9-12,14-15H2,1-2H3,(H2,23,24,25);1H. The first kappa shape index (κ1) is 24.3. The quantitative estimate of drug-likeness (QED) is 0.258. The van der Waals surface area contributed by atoms with E-state index in [9.17, 15) is 0 Å². The molecule has 1 aromatic carbocycles. The topological polar surface area (TPSA) is 85.6 Å². The molecule has 0 spiro atoms. The number of ether oxygens (including phenoxy) is 2. The number of hydrogen-bond acceptors (Lipinski definition) is 6. The Hall–Kier alpha value is -2.34. The number of aromatic nitrogens is 3. The van der Waals surface area contributed by atoms with E-state index in [-0.39, 0.29) is 24.0 Å². The van der Waals surface area contributed by atoms with Gasteiger partial charge in [0.05, 0.1) is 26.3 Å². The van der Waals surface area contributed by atoms with Crippen molar-refractivity contribution in [2.75, 3.05) is 19.8 Å². The van der Waals surface area contributed by atoms with E-state index in [1.54, 1.807) is 11.3 Å². The molecule has 2 N–H and O–H groups in total. The Kier molecular flexibility index (Phi) is 9.15. The van der Waals surface area contributed by atoms with Crippen molar-refractivity contribution in [1.82, 2.24) is 25.4 Å². The molecule has 0 aliphatic carbocycles. The van der Waals surface area contributed by atoms with Gasteiger partial charge >= 0.3 is 0 Å². The molecule has 4 rings (SSSR count). The Morgan fingerprint density at radius 3 is 2.81 bits per heavy atom. The summed E-state index contributed by atoms with van der Waals surface area (Å²) in [7, 11) is 1.96. The van der Waals surface area contributed by atoms with E-state index >= 15 is 0 Å². The fraction of sp³-hybridized carbons (Fsp3) is 0.409. The van der Waals surface area contributed by atoms with Gasteiger partial charge < -0.3 is 24.7 Å². The summed E-state index contributed by atoms with van der Waals surface area (Å²) in [5, 5.41) is 17.3. The average molecular weight is 568 g/mol. The van der Waals surface area contributed by atoms with Crippen LogP contribution in [0.25, 0.3) is 0 Å². The van der Waals surface area contributed by atoms with Crippen molar-refractivity contribution >= 4 is 41.3 Å². The van der Waals surface area contributed by atoms with Crippen LogP contribution < -0.4 is 20.1 Å². The Morgan fingerprint density at radius 1 is 1.16 bits per heavy atom. The zero-order valence-electron chi connectivity index (χ0n) is 18.3. The van der Waals surface area contributed by atoms with Gasteiger partial charge in [-0.05, 0) is 30.9 Å². The summed E-state index contributed by atoms with van der Waals surface area (Å²) < 4.78 is 13.7. The molecule has 0 radical (unpaired) electrons. The summed E-state index contributed by atoms with van der Waals surface area (Å²) in [5.41, 5.74) is 1.01. The van der Waals surface area contributed by atoms with Gasteiger partial charge in [-0.2, -0.15) is 0 Å². The Bertz CT molecular complexity index is 1020. The van der Waals surface area contributed by atoms with Crippen LogP contribution in [0, 0.1) is 6.92 Å². The lowest BCUT2D eigenvalue weighted by molar-refractivity contribution is 0.296. The highest BCUT2D eigenvalue weighted by Gasteiger charge is 2.14. The lowest BCUT2D eigenvalue weighted by Gasteiger charge is -2.14. The molecule has 0 unspecified atom stereocenters. The summed E-state index contributed by atoms with van der Waals surface area (Å²) in [6.45, 7) is 5.08. The minimum atomic E-state index is 0. The highest BCUT2D eigenvalue weighted by atomic mass is 127. The van der Waals surface area contributed by atoms with E-state index < -0.39 is 0 Å². The number of thiophene rings is 1. The largest absolute Gasteiger partial charge is 0.490 e. The van der Waals surface area contributed by atoms with Crippen LogP contribution in [-0.4, -0.2) is 40.5 Å². The number of aryl methyl sites for hydroxylation is 1. The zero-order valence-corrected chi connectivity index (χ0v) is 21.5. The van der Waals surface area contributed by atoms with Gasteiger partial charge in [-0.25, -0.2) is 4.99 Å². The number of aliphatic imine (C=N–C) groups is 1. The number of hydrogen-bond donors (Lipinski definition) is 2. The summed E-state index contributed by atoms with van der Waals surface area (Å²) in [4.78, 5) is 6.15. The smallest absolute Gasteiger partial charge is 0.191 e. The highest BCUT2D eigenvalue weighted by Crippen LogP contribution is 2.33. The third kappa shape index (κ3) is 6.35. The van der Waals surface area contributed by atoms with Gasteiger partial charge in [-0.3, -0.25) is 0 Å². The first-order chi connectivity index (χ1) is 15.2. The van der Waals surface area contributed by atoms with E-state index in [1.807, 2.05) is 36.7 Å². The molecule has 0 atom stereocenters. The zero-order chi connectivity index (χ0) is 21.5. The van der Waals surface area contributed by atoms with E-state index in [2.05, 4.69) is 38.3 Å². The first-order valence-electron chi connectivity index (χ1n) is 10.5. The molecular formula is C22H29IN6O2S. The minimum Gasteiger partial charge on any atom is -0.490 e. The van der Waals surface area contributed by atoms with Crippen LogP contribution in [0.1, 0.15) is 28.5 Å². The van der Waals surface area contributed by atoms with Crippen molar-refractivity contribution in [3.8, 4) is 11.5 Å². The summed E-state index contributed by atoms with van der Waals surface area (Å²) in [6.07, 6.45) is 1.82. The molecule has 1 aliphatic rings. The molecule has 3 aromatic rings. The Morgan fingerprint density at radius 2 is 2.03 bits per heavy atom. The van der Waals surface area contributed by atoms with Crippen LogP contribution in [0.2, 0.25) is 0 Å². The number of rotatable bonds is 7. The van der Waals surface area contributed by atoms with Crippen LogP contribution in [0.4, 0.5) is 0 Å². The number of halogens is 1. The average Bonchev–Trinajstić information content (AvgIpc) is 3.32. The lowest BCUT2D eigenvalue weighted by Crippen LogP contribution is -2.38. The molecular weight excluding hydrogens is 539 g/mol. The van der Waals surface area contributed by atoms with Crippen LogP contribution >= 0.6 is 35.3 Å². The first-order valence-corrected chi connectivity index (χ1v) is 11.4. The van der Waals surface area contributed by atoms with Gasteiger partial charge in [0, 0.05) is 30.5 Å². The number of nitrogens with zero attached hydrogens (tertiary/aromatic N) is 4. The molecule has 2 aromatic heterocycles. The molecule has 3 heterocycles. The second kappa shape index (κ2) is 12.0. The summed E-state index contributed by atoms with van der Waals surface area (Å²) >= 11 is 1.76. The molecule has 10 heteroatoms. The third-order valence-electron chi connectivity index (χ3n) is 5.10. The summed E-state index contributed by atoms with van der Waals surface area (Å²) in [5.74, 6) is 4.05. The number of nitrogens with one attached hydrogen (secondary N) is 2. The molecule has 0 saturated carbocycles. The fourth-order valence-corrected chi connectivity index (χ4v) is 3.95. The second-order valence-electron chi connectivity index (χ2n) is 7.29. The molecule has 32 heavy (non-hydrogen) atoms. The van der Waals surface area contributed by atoms with E-state index in [0.29, 0.717) is 26.3 Å². The van der Waals surface area contributed by atoms with Gasteiger partial charge in [0.2, 0.25) is 0 Å². The SMILES string of the molecule is Cc1nnc(CNC(=NCc2cccc3c2OCCCO3)NCCc2cccs2)n1C.I. The molecule has 172 valence electrons. The monoisotopic (exact) mass is 568 g/mol. The predicted octanol–water partition coefficient (Wildman–Crippen LogP) is 3.44. The minimum absolute atomic E-state index is 0. The predicted molar refractivity (Wildman–Crippen MR) is 137 cm³/mol. The van der Waals surface area contributed by atoms with Crippen molar-refractivity contribution < 1.29 is 9.47 Å². The van der Waals surface area contributed by atoms with Crippen molar-refractivity contribution in [1.29, 1.82) is 0 Å². The summed E-state index contributed by atoms with van der Waals surface area (Å²) in [6, 6.07) is 10.2. The molecule has 0 amide bonds. The second-order valence-corrected chi connectivity index (χ2v) is 8.32. The van der Waals surface area contributed by atoms with Crippen LogP contribution in [-0.2, 0) is 26.6 Å². The molecule has 0 bridgehead atoms. The van der Waals surface area contributed by atoms with E-state index in [0.717, 1.165) is 54.1 Å². The van der Waals surface area contributed by atoms with Crippen LogP contribution in [0.15, 0.2) is 40.7 Å². The molecule has 1 aliphatic heterocycles. The van der Waals surface area contributed by atoms with E-state index in [4.69, 9.17) is 14.5 Å². The number of para-hydroxylation sites is 1. The third-order valence-corrected chi connectivity index (χ3v) is 6.04. The van der Waals surface area contributed by atoms with E-state index in [1.165, 1.54) is 4.88 Å². The van der Waals surface area contributed by atoms with Crippen LogP contribution in [0.3, 0.4) is 0 Å². The lowest BCUT2D eigenvalue weighted by atomic mass is 10.2. The van der Waals surface area contributed by atoms with Crippen molar-refractivity contribution in [3.63, 3.8) is 0 Å².